The monoisotopic (exact) mass is 484 g/mol. The van der Waals surface area contributed by atoms with Crippen molar-refractivity contribution in [2.45, 2.75) is 9.79 Å². The maximum atomic E-state index is 12.9. The van der Waals surface area contributed by atoms with E-state index in [1.807, 2.05) is 0 Å². The molecule has 0 saturated heterocycles. The number of benzene rings is 4. The molecule has 4 aromatic rings. The summed E-state index contributed by atoms with van der Waals surface area (Å²) in [6.45, 7) is 0. The highest BCUT2D eigenvalue weighted by atomic mass is 35.5. The molecule has 0 unspecified atom stereocenters. The SMILES string of the molecule is Nc1ccc(Oc2ccc(S(=O)c3ccc(Oc4ccc(N)c(Cl)c4)cc3)cc2)cc1Cl. The highest BCUT2D eigenvalue weighted by Crippen LogP contribution is 2.30. The number of hydrogen-bond acceptors (Lipinski definition) is 5. The van der Waals surface area contributed by atoms with Gasteiger partial charge in [-0.3, -0.25) is 0 Å². The first kappa shape index (κ1) is 22.0. The molecule has 0 aliphatic rings. The fourth-order valence-electron chi connectivity index (χ4n) is 2.81. The van der Waals surface area contributed by atoms with Gasteiger partial charge in [-0.25, -0.2) is 4.21 Å². The van der Waals surface area contributed by atoms with Crippen molar-refractivity contribution in [3.8, 4) is 23.0 Å². The smallest absolute Gasteiger partial charge is 0.129 e. The third kappa shape index (κ3) is 5.16. The van der Waals surface area contributed by atoms with Gasteiger partial charge < -0.3 is 20.9 Å². The van der Waals surface area contributed by atoms with Crippen LogP contribution in [0.1, 0.15) is 0 Å². The van der Waals surface area contributed by atoms with Gasteiger partial charge in [0.1, 0.15) is 23.0 Å². The molecule has 0 bridgehead atoms. The second kappa shape index (κ2) is 9.53. The van der Waals surface area contributed by atoms with Crippen molar-refractivity contribution in [2.24, 2.45) is 0 Å². The minimum atomic E-state index is -1.36. The van der Waals surface area contributed by atoms with E-state index in [2.05, 4.69) is 0 Å². The quantitative estimate of drug-likeness (QED) is 0.290. The first-order valence-corrected chi connectivity index (χ1v) is 11.4. The normalized spacial score (nSPS) is 10.8. The summed E-state index contributed by atoms with van der Waals surface area (Å²) in [4.78, 5) is 1.29. The Morgan fingerprint density at radius 3 is 1.25 bits per heavy atom. The van der Waals surface area contributed by atoms with Gasteiger partial charge in [-0.15, -0.1) is 0 Å². The molecule has 4 rings (SSSR count). The van der Waals surface area contributed by atoms with E-state index in [9.17, 15) is 4.21 Å². The molecule has 0 heterocycles. The van der Waals surface area contributed by atoms with Gasteiger partial charge in [0.15, 0.2) is 0 Å². The van der Waals surface area contributed by atoms with Crippen LogP contribution >= 0.6 is 23.2 Å². The number of nitrogen functional groups attached to an aromatic ring is 2. The summed E-state index contributed by atoms with van der Waals surface area (Å²) in [7, 11) is -1.36. The molecule has 8 heteroatoms. The van der Waals surface area contributed by atoms with Gasteiger partial charge in [0.05, 0.1) is 32.2 Å². The molecule has 0 radical (unpaired) electrons. The number of nitrogens with two attached hydrogens (primary N) is 2. The standard InChI is InChI=1S/C24H18Cl2N2O3S/c25-21-13-17(5-11-23(21)27)30-15-1-7-19(8-2-15)32(29)20-9-3-16(4-10-20)31-18-6-12-24(28)22(26)14-18/h1-14H,27-28H2. The highest BCUT2D eigenvalue weighted by molar-refractivity contribution is 7.85. The molecule has 32 heavy (non-hydrogen) atoms. The van der Waals surface area contributed by atoms with E-state index in [1.54, 1.807) is 84.9 Å². The van der Waals surface area contributed by atoms with Crippen molar-refractivity contribution in [2.75, 3.05) is 11.5 Å². The molecule has 4 N–H and O–H groups in total. The lowest BCUT2D eigenvalue weighted by Gasteiger charge is -2.09. The Bertz CT molecular complexity index is 1180. The summed E-state index contributed by atoms with van der Waals surface area (Å²) >= 11 is 12.0. The fourth-order valence-corrected chi connectivity index (χ4v) is 4.19. The second-order valence-corrected chi connectivity index (χ2v) is 9.08. The van der Waals surface area contributed by atoms with Crippen molar-refractivity contribution in [3.05, 3.63) is 95.0 Å². The van der Waals surface area contributed by atoms with Crippen LogP contribution in [-0.2, 0) is 10.8 Å². The Balaban J connectivity index is 1.43. The van der Waals surface area contributed by atoms with Crippen molar-refractivity contribution < 1.29 is 13.7 Å². The molecule has 4 aromatic carbocycles. The Hall–Kier alpha value is -3.19. The zero-order valence-corrected chi connectivity index (χ0v) is 19.0. The number of rotatable bonds is 6. The van der Waals surface area contributed by atoms with Crippen LogP contribution in [-0.4, -0.2) is 4.21 Å². The lowest BCUT2D eigenvalue weighted by Crippen LogP contribution is -1.94. The molecular formula is C24H18Cl2N2O3S. The molecule has 0 spiro atoms. The van der Waals surface area contributed by atoms with E-state index in [0.29, 0.717) is 54.2 Å². The average Bonchev–Trinajstić information content (AvgIpc) is 2.79. The second-order valence-electron chi connectivity index (χ2n) is 6.78. The molecule has 0 atom stereocenters. The number of halogens is 2. The van der Waals surface area contributed by atoms with E-state index in [-0.39, 0.29) is 0 Å². The molecule has 0 aromatic heterocycles. The molecule has 5 nitrogen and oxygen atoms in total. The molecule has 0 aliphatic carbocycles. The lowest BCUT2D eigenvalue weighted by molar-refractivity contribution is 0.482. The van der Waals surface area contributed by atoms with Gasteiger partial charge in [0.25, 0.3) is 0 Å². The fraction of sp³-hybridized carbons (Fsp3) is 0. The van der Waals surface area contributed by atoms with E-state index in [1.165, 1.54) is 0 Å². The Labute approximate surface area is 197 Å². The Morgan fingerprint density at radius 2 is 0.906 bits per heavy atom. The first-order chi connectivity index (χ1) is 15.4. The number of anilines is 2. The van der Waals surface area contributed by atoms with Crippen LogP contribution in [0.25, 0.3) is 0 Å². The van der Waals surface area contributed by atoms with Gasteiger partial charge in [-0.05, 0) is 72.8 Å². The minimum Gasteiger partial charge on any atom is -0.457 e. The van der Waals surface area contributed by atoms with Gasteiger partial charge >= 0.3 is 0 Å². The third-order valence-corrected chi connectivity index (χ3v) is 6.55. The molecular weight excluding hydrogens is 467 g/mol. The van der Waals surface area contributed by atoms with Gasteiger partial charge in [-0.2, -0.15) is 0 Å². The number of ether oxygens (including phenoxy) is 2. The maximum absolute atomic E-state index is 12.9. The molecule has 162 valence electrons. The summed E-state index contributed by atoms with van der Waals surface area (Å²) in [5.74, 6) is 2.32. The summed E-state index contributed by atoms with van der Waals surface area (Å²) in [6.07, 6.45) is 0. The van der Waals surface area contributed by atoms with Crippen LogP contribution in [0.2, 0.25) is 10.0 Å². The minimum absolute atomic E-state index is 0.423. The van der Waals surface area contributed by atoms with Crippen LogP contribution in [0.3, 0.4) is 0 Å². The summed E-state index contributed by atoms with van der Waals surface area (Å²) in [5.41, 5.74) is 12.4. The van der Waals surface area contributed by atoms with E-state index in [0.717, 1.165) is 0 Å². The zero-order valence-electron chi connectivity index (χ0n) is 16.6. The Morgan fingerprint density at radius 1 is 0.562 bits per heavy atom. The van der Waals surface area contributed by atoms with Crippen molar-refractivity contribution in [1.29, 1.82) is 0 Å². The largest absolute Gasteiger partial charge is 0.457 e. The van der Waals surface area contributed by atoms with Gasteiger partial charge in [0.2, 0.25) is 0 Å². The summed E-state index contributed by atoms with van der Waals surface area (Å²) in [6, 6.07) is 24.1. The zero-order chi connectivity index (χ0) is 22.7. The van der Waals surface area contributed by atoms with Crippen LogP contribution < -0.4 is 20.9 Å². The van der Waals surface area contributed by atoms with Crippen LogP contribution in [0.15, 0.2) is 94.7 Å². The average molecular weight is 485 g/mol. The Kier molecular flexibility index (Phi) is 6.55. The first-order valence-electron chi connectivity index (χ1n) is 9.47. The van der Waals surface area contributed by atoms with E-state index in [4.69, 9.17) is 44.1 Å². The van der Waals surface area contributed by atoms with E-state index < -0.39 is 10.8 Å². The predicted octanol–water partition coefficient (Wildman–Crippen LogP) is 6.91. The van der Waals surface area contributed by atoms with Gasteiger partial charge in [0, 0.05) is 21.9 Å². The van der Waals surface area contributed by atoms with Crippen molar-refractivity contribution >= 4 is 45.4 Å². The van der Waals surface area contributed by atoms with Gasteiger partial charge in [-0.1, -0.05) is 23.2 Å². The van der Waals surface area contributed by atoms with Crippen molar-refractivity contribution in [3.63, 3.8) is 0 Å². The van der Waals surface area contributed by atoms with Crippen LogP contribution in [0, 0.1) is 0 Å². The lowest BCUT2D eigenvalue weighted by atomic mass is 10.3. The van der Waals surface area contributed by atoms with Crippen molar-refractivity contribution in [1.82, 2.24) is 0 Å². The predicted molar refractivity (Wildman–Crippen MR) is 129 cm³/mol. The topological polar surface area (TPSA) is 87.6 Å². The summed E-state index contributed by atoms with van der Waals surface area (Å²) < 4.78 is 24.5. The highest BCUT2D eigenvalue weighted by Gasteiger charge is 2.09. The molecule has 0 saturated carbocycles. The third-order valence-electron chi connectivity index (χ3n) is 4.49. The van der Waals surface area contributed by atoms with E-state index >= 15 is 0 Å². The molecule has 0 amide bonds. The number of hydrogen-bond donors (Lipinski definition) is 2. The van der Waals surface area contributed by atoms with Crippen LogP contribution in [0.5, 0.6) is 23.0 Å². The molecule has 0 aliphatic heterocycles. The molecule has 0 fully saturated rings. The maximum Gasteiger partial charge on any atom is 0.129 e. The van der Waals surface area contributed by atoms with Crippen LogP contribution in [0.4, 0.5) is 11.4 Å². The summed E-state index contributed by atoms with van der Waals surface area (Å²) in [5, 5.41) is 0.847.